The van der Waals surface area contributed by atoms with Gasteiger partial charge in [0, 0.05) is 23.0 Å². The molecule has 4 nitrogen and oxygen atoms in total. The number of esters is 1. The van der Waals surface area contributed by atoms with E-state index in [-0.39, 0.29) is 18.0 Å². The van der Waals surface area contributed by atoms with Crippen LogP contribution in [0.2, 0.25) is 5.02 Å². The second kappa shape index (κ2) is 6.20. The number of aromatic nitrogens is 1. The van der Waals surface area contributed by atoms with Crippen molar-refractivity contribution in [3.05, 3.63) is 57.9 Å². The SMILES string of the molecule is Cc1cc(C(=O)COC(=O)c2ccccc2Cl)c(C)n1C1CC1. The number of Topliss-reactive ketones (excluding diaryl/α,β-unsaturated/α-hetero) is 1. The zero-order valence-electron chi connectivity index (χ0n) is 13.1. The predicted octanol–water partition coefficient (Wildman–Crippen LogP) is 4.13. The summed E-state index contributed by atoms with van der Waals surface area (Å²) in [5.74, 6) is -0.773. The van der Waals surface area contributed by atoms with Gasteiger partial charge >= 0.3 is 5.97 Å². The number of halogens is 1. The quantitative estimate of drug-likeness (QED) is 0.611. The van der Waals surface area contributed by atoms with Crippen molar-refractivity contribution in [1.82, 2.24) is 4.57 Å². The van der Waals surface area contributed by atoms with Crippen LogP contribution >= 0.6 is 11.6 Å². The summed E-state index contributed by atoms with van der Waals surface area (Å²) in [6, 6.07) is 9.02. The van der Waals surface area contributed by atoms with Crippen molar-refractivity contribution in [2.24, 2.45) is 0 Å². The van der Waals surface area contributed by atoms with Crippen molar-refractivity contribution >= 4 is 23.4 Å². The molecular formula is C18H18ClNO3. The zero-order chi connectivity index (χ0) is 16.6. The van der Waals surface area contributed by atoms with E-state index in [1.54, 1.807) is 24.3 Å². The van der Waals surface area contributed by atoms with Gasteiger partial charge in [0.2, 0.25) is 5.78 Å². The lowest BCUT2D eigenvalue weighted by atomic mass is 10.1. The Hall–Kier alpha value is -2.07. The van der Waals surface area contributed by atoms with E-state index in [9.17, 15) is 9.59 Å². The molecule has 0 saturated heterocycles. The van der Waals surface area contributed by atoms with Crippen molar-refractivity contribution in [1.29, 1.82) is 0 Å². The topological polar surface area (TPSA) is 48.3 Å². The second-order valence-corrected chi connectivity index (χ2v) is 6.27. The highest BCUT2D eigenvalue weighted by molar-refractivity contribution is 6.33. The summed E-state index contributed by atoms with van der Waals surface area (Å²) in [5.41, 5.74) is 2.92. The van der Waals surface area contributed by atoms with Crippen LogP contribution in [0.1, 0.15) is 51.0 Å². The molecule has 0 spiro atoms. The summed E-state index contributed by atoms with van der Waals surface area (Å²) in [6.45, 7) is 3.66. The standard InChI is InChI=1S/C18H18ClNO3/c1-11-9-15(12(2)20(11)13-7-8-13)17(21)10-23-18(22)14-5-3-4-6-16(14)19/h3-6,9,13H,7-8,10H2,1-2H3. The van der Waals surface area contributed by atoms with E-state index in [1.165, 1.54) is 0 Å². The van der Waals surface area contributed by atoms with Crippen LogP contribution in [-0.4, -0.2) is 22.9 Å². The minimum atomic E-state index is -0.583. The molecule has 2 aromatic rings. The highest BCUT2D eigenvalue weighted by Crippen LogP contribution is 2.38. The van der Waals surface area contributed by atoms with Gasteiger partial charge < -0.3 is 9.30 Å². The van der Waals surface area contributed by atoms with Gasteiger partial charge in [-0.1, -0.05) is 23.7 Å². The molecular weight excluding hydrogens is 314 g/mol. The fraction of sp³-hybridized carbons (Fsp3) is 0.333. The van der Waals surface area contributed by atoms with Crippen LogP contribution in [0, 0.1) is 13.8 Å². The van der Waals surface area contributed by atoms with Crippen LogP contribution in [0.3, 0.4) is 0 Å². The minimum absolute atomic E-state index is 0.189. The molecule has 0 atom stereocenters. The van der Waals surface area contributed by atoms with E-state index in [1.807, 2.05) is 19.9 Å². The molecule has 1 heterocycles. The largest absolute Gasteiger partial charge is 0.454 e. The number of benzene rings is 1. The van der Waals surface area contributed by atoms with Crippen LogP contribution in [0.5, 0.6) is 0 Å². The number of hydrogen-bond acceptors (Lipinski definition) is 3. The maximum Gasteiger partial charge on any atom is 0.340 e. The third-order valence-electron chi connectivity index (χ3n) is 4.12. The Labute approximate surface area is 140 Å². The maximum absolute atomic E-state index is 12.4. The lowest BCUT2D eigenvalue weighted by Crippen LogP contribution is -2.15. The third-order valence-corrected chi connectivity index (χ3v) is 4.45. The average Bonchev–Trinajstić information content (AvgIpc) is 3.30. The number of carbonyl (C=O) groups excluding carboxylic acids is 2. The molecule has 0 radical (unpaired) electrons. The van der Waals surface area contributed by atoms with Gasteiger partial charge in [0.25, 0.3) is 0 Å². The second-order valence-electron chi connectivity index (χ2n) is 5.87. The smallest absolute Gasteiger partial charge is 0.340 e. The molecule has 0 amide bonds. The molecule has 0 bridgehead atoms. The number of hydrogen-bond donors (Lipinski definition) is 0. The van der Waals surface area contributed by atoms with Crippen molar-refractivity contribution in [2.45, 2.75) is 32.7 Å². The molecule has 1 fully saturated rings. The summed E-state index contributed by atoms with van der Waals surface area (Å²) in [6.07, 6.45) is 2.32. The fourth-order valence-electron chi connectivity index (χ4n) is 2.87. The summed E-state index contributed by atoms with van der Waals surface area (Å²) < 4.78 is 7.32. The number of nitrogens with zero attached hydrogens (tertiary/aromatic N) is 1. The Bertz CT molecular complexity index is 775. The molecule has 3 rings (SSSR count). The molecule has 23 heavy (non-hydrogen) atoms. The Morgan fingerprint density at radius 3 is 2.57 bits per heavy atom. The first-order valence-corrected chi connectivity index (χ1v) is 8.00. The Kier molecular flexibility index (Phi) is 4.26. The lowest BCUT2D eigenvalue weighted by molar-refractivity contribution is 0.0474. The van der Waals surface area contributed by atoms with E-state index in [2.05, 4.69) is 4.57 Å². The molecule has 1 aliphatic rings. The van der Waals surface area contributed by atoms with Crippen molar-refractivity contribution < 1.29 is 14.3 Å². The summed E-state index contributed by atoms with van der Waals surface area (Å²) in [5, 5.41) is 0.317. The number of aryl methyl sites for hydroxylation is 1. The summed E-state index contributed by atoms with van der Waals surface area (Å²) in [4.78, 5) is 24.4. The molecule has 0 aliphatic heterocycles. The minimum Gasteiger partial charge on any atom is -0.454 e. The van der Waals surface area contributed by atoms with E-state index in [0.29, 0.717) is 16.6 Å². The van der Waals surface area contributed by atoms with E-state index >= 15 is 0 Å². The van der Waals surface area contributed by atoms with Gasteiger partial charge in [-0.15, -0.1) is 0 Å². The number of ketones is 1. The van der Waals surface area contributed by atoms with Gasteiger partial charge in [0.15, 0.2) is 6.61 Å². The molecule has 0 N–H and O–H groups in total. The first-order valence-electron chi connectivity index (χ1n) is 7.62. The van der Waals surface area contributed by atoms with Gasteiger partial charge in [0.05, 0.1) is 10.6 Å². The molecule has 0 unspecified atom stereocenters. The Morgan fingerprint density at radius 1 is 1.22 bits per heavy atom. The molecule has 1 saturated carbocycles. The van der Waals surface area contributed by atoms with Crippen molar-refractivity contribution in [3.8, 4) is 0 Å². The van der Waals surface area contributed by atoms with Gasteiger partial charge in [-0.2, -0.15) is 0 Å². The van der Waals surface area contributed by atoms with Gasteiger partial charge in [-0.3, -0.25) is 4.79 Å². The third kappa shape index (κ3) is 3.17. The van der Waals surface area contributed by atoms with Crippen LogP contribution < -0.4 is 0 Å². The Morgan fingerprint density at radius 2 is 1.91 bits per heavy atom. The molecule has 1 aromatic carbocycles. The van der Waals surface area contributed by atoms with Crippen LogP contribution in [-0.2, 0) is 4.74 Å². The highest BCUT2D eigenvalue weighted by Gasteiger charge is 2.28. The number of carbonyl (C=O) groups is 2. The molecule has 1 aromatic heterocycles. The van der Waals surface area contributed by atoms with Crippen LogP contribution in [0.25, 0.3) is 0 Å². The van der Waals surface area contributed by atoms with Gasteiger partial charge in [-0.05, 0) is 44.9 Å². The molecule has 1 aliphatic carbocycles. The summed E-state index contributed by atoms with van der Waals surface area (Å²) >= 11 is 5.95. The van der Waals surface area contributed by atoms with E-state index in [0.717, 1.165) is 24.2 Å². The van der Waals surface area contributed by atoms with E-state index < -0.39 is 5.97 Å². The van der Waals surface area contributed by atoms with Gasteiger partial charge in [-0.25, -0.2) is 4.79 Å². The van der Waals surface area contributed by atoms with Gasteiger partial charge in [0.1, 0.15) is 0 Å². The van der Waals surface area contributed by atoms with Crippen LogP contribution in [0.4, 0.5) is 0 Å². The number of rotatable bonds is 5. The lowest BCUT2D eigenvalue weighted by Gasteiger charge is -2.08. The fourth-order valence-corrected chi connectivity index (χ4v) is 3.08. The van der Waals surface area contributed by atoms with Crippen molar-refractivity contribution in [2.75, 3.05) is 6.61 Å². The van der Waals surface area contributed by atoms with Crippen LogP contribution in [0.15, 0.2) is 30.3 Å². The zero-order valence-corrected chi connectivity index (χ0v) is 13.9. The highest BCUT2D eigenvalue weighted by atomic mass is 35.5. The molecule has 120 valence electrons. The monoisotopic (exact) mass is 331 g/mol. The maximum atomic E-state index is 12.4. The predicted molar refractivity (Wildman–Crippen MR) is 88.2 cm³/mol. The average molecular weight is 332 g/mol. The normalized spacial score (nSPS) is 13.9. The Balaban J connectivity index is 1.69. The molecule has 5 heteroatoms. The summed E-state index contributed by atoms with van der Waals surface area (Å²) in [7, 11) is 0. The first-order chi connectivity index (χ1) is 11.0. The first kappa shape index (κ1) is 15.8. The van der Waals surface area contributed by atoms with Crippen molar-refractivity contribution in [3.63, 3.8) is 0 Å². The number of ether oxygens (including phenoxy) is 1. The van der Waals surface area contributed by atoms with E-state index in [4.69, 9.17) is 16.3 Å².